The summed E-state index contributed by atoms with van der Waals surface area (Å²) >= 11 is 0. The second-order valence-corrected chi connectivity index (χ2v) is 15.7. The highest BCUT2D eigenvalue weighted by atomic mass is 19.3. The molecule has 0 unspecified atom stereocenters. The van der Waals surface area contributed by atoms with Gasteiger partial charge in [-0.2, -0.15) is 5.10 Å². The lowest BCUT2D eigenvalue weighted by molar-refractivity contribution is -0.137. The van der Waals surface area contributed by atoms with Crippen molar-refractivity contribution in [3.63, 3.8) is 0 Å². The van der Waals surface area contributed by atoms with Crippen molar-refractivity contribution in [1.82, 2.24) is 25.4 Å². The Hall–Kier alpha value is -5.16. The van der Waals surface area contributed by atoms with Crippen LogP contribution < -0.4 is 10.6 Å². The number of likely N-dealkylation sites (tertiary alicyclic amines) is 1. The molecule has 3 aromatic carbocycles. The van der Waals surface area contributed by atoms with Crippen molar-refractivity contribution in [2.75, 3.05) is 18.4 Å². The number of carbonyl (C=O) groups excluding carboxylic acids is 2. The summed E-state index contributed by atoms with van der Waals surface area (Å²) in [6.07, 6.45) is 4.24. The first kappa shape index (κ1) is 36.8. The van der Waals surface area contributed by atoms with Crippen LogP contribution in [0.4, 0.5) is 19.0 Å². The second kappa shape index (κ2) is 14.8. The summed E-state index contributed by atoms with van der Waals surface area (Å²) in [6, 6.07) is 20.4. The van der Waals surface area contributed by atoms with Gasteiger partial charge < -0.3 is 5.32 Å². The first-order valence-corrected chi connectivity index (χ1v) is 19.2. The van der Waals surface area contributed by atoms with Gasteiger partial charge in [-0.25, -0.2) is 13.2 Å². The highest BCUT2D eigenvalue weighted by molar-refractivity contribution is 6.03. The third-order valence-electron chi connectivity index (χ3n) is 12.0. The number of nitrogens with zero attached hydrogens (tertiary/aromatic N) is 4. The minimum Gasteiger partial charge on any atom is -0.361 e. The summed E-state index contributed by atoms with van der Waals surface area (Å²) in [5.74, 6) is 0.120. The number of hydrogen-bond donors (Lipinski definition) is 2. The average Bonchev–Trinajstić information content (AvgIpc) is 4.04. The van der Waals surface area contributed by atoms with Gasteiger partial charge in [-0.05, 0) is 112 Å². The number of alkyl halides is 2. The van der Waals surface area contributed by atoms with Crippen molar-refractivity contribution in [2.24, 2.45) is 0 Å². The number of amides is 2. The van der Waals surface area contributed by atoms with Crippen molar-refractivity contribution >= 4 is 28.4 Å². The van der Waals surface area contributed by atoms with Gasteiger partial charge in [-0.15, -0.1) is 5.10 Å². The number of aryl methyl sites for hydroxylation is 1. The van der Waals surface area contributed by atoms with Gasteiger partial charge in [0.05, 0.1) is 28.4 Å². The van der Waals surface area contributed by atoms with E-state index in [-0.39, 0.29) is 17.4 Å². The Balaban J connectivity index is 0.966. The number of pyridine rings is 1. The van der Waals surface area contributed by atoms with Crippen molar-refractivity contribution < 1.29 is 22.8 Å². The molecule has 2 N–H and O–H groups in total. The number of anilines is 1. The molecule has 11 heteroatoms. The van der Waals surface area contributed by atoms with Gasteiger partial charge in [0.15, 0.2) is 5.82 Å². The molecule has 2 amide bonds. The molecule has 0 radical (unpaired) electrons. The summed E-state index contributed by atoms with van der Waals surface area (Å²) in [6.45, 7) is 8.28. The number of nitrogens with one attached hydrogen (secondary N) is 2. The maximum atomic E-state index is 15.0. The van der Waals surface area contributed by atoms with Crippen molar-refractivity contribution in [3.05, 3.63) is 118 Å². The van der Waals surface area contributed by atoms with Crippen LogP contribution in [0.25, 0.3) is 22.0 Å². The van der Waals surface area contributed by atoms with E-state index in [2.05, 4.69) is 56.1 Å². The van der Waals surface area contributed by atoms with E-state index < -0.39 is 29.3 Å². The Morgan fingerprint density at radius 2 is 1.65 bits per heavy atom. The fraction of sp³-hybridized carbons (Fsp3) is 0.386. The van der Waals surface area contributed by atoms with E-state index in [9.17, 15) is 18.4 Å². The lowest BCUT2D eigenvalue weighted by Gasteiger charge is -2.35. The van der Waals surface area contributed by atoms with Crippen molar-refractivity contribution in [1.29, 1.82) is 0 Å². The summed E-state index contributed by atoms with van der Waals surface area (Å²) in [4.78, 5) is 32.0. The van der Waals surface area contributed by atoms with Crippen LogP contribution in [0.3, 0.4) is 0 Å². The minimum absolute atomic E-state index is 0.125. The predicted molar refractivity (Wildman–Crippen MR) is 206 cm³/mol. The van der Waals surface area contributed by atoms with Crippen LogP contribution in [0.15, 0.2) is 72.9 Å². The van der Waals surface area contributed by atoms with Gasteiger partial charge >= 0.3 is 0 Å². The van der Waals surface area contributed by atoms with E-state index in [1.165, 1.54) is 41.7 Å². The van der Waals surface area contributed by atoms with E-state index >= 15 is 4.39 Å². The van der Waals surface area contributed by atoms with E-state index in [0.29, 0.717) is 36.2 Å². The van der Waals surface area contributed by atoms with Gasteiger partial charge in [0.1, 0.15) is 5.82 Å². The monoisotopic (exact) mass is 746 g/mol. The fourth-order valence-corrected chi connectivity index (χ4v) is 8.40. The summed E-state index contributed by atoms with van der Waals surface area (Å²) in [7, 11) is 0. The molecular formula is C44H45F3N6O2. The number of fused-ring (bicyclic) bond motifs is 1. The Labute approximate surface area is 319 Å². The van der Waals surface area contributed by atoms with E-state index in [1.807, 2.05) is 32.0 Å². The molecule has 3 aliphatic rings. The quantitative estimate of drug-likeness (QED) is 0.138. The van der Waals surface area contributed by atoms with Gasteiger partial charge in [0.2, 0.25) is 11.8 Å². The molecule has 0 spiro atoms. The molecule has 2 atom stereocenters. The Bertz CT molecular complexity index is 2290. The number of rotatable bonds is 10. The molecule has 55 heavy (non-hydrogen) atoms. The zero-order valence-corrected chi connectivity index (χ0v) is 31.3. The molecular weight excluding hydrogens is 702 g/mol. The van der Waals surface area contributed by atoms with Gasteiger partial charge in [0.25, 0.3) is 6.43 Å². The summed E-state index contributed by atoms with van der Waals surface area (Å²) in [5, 5.41) is 16.0. The smallest absolute Gasteiger partial charge is 0.266 e. The Morgan fingerprint density at radius 1 is 0.909 bits per heavy atom. The Morgan fingerprint density at radius 3 is 2.40 bits per heavy atom. The summed E-state index contributed by atoms with van der Waals surface area (Å²) in [5.41, 5.74) is 6.22. The lowest BCUT2D eigenvalue weighted by atomic mass is 9.73. The van der Waals surface area contributed by atoms with Crippen molar-refractivity contribution in [2.45, 2.75) is 95.6 Å². The molecule has 0 bridgehead atoms. The van der Waals surface area contributed by atoms with Gasteiger partial charge in [-0.3, -0.25) is 24.8 Å². The number of carbonyl (C=O) groups is 2. The second-order valence-electron chi connectivity index (χ2n) is 15.7. The largest absolute Gasteiger partial charge is 0.361 e. The number of benzene rings is 3. The highest BCUT2D eigenvalue weighted by Gasteiger charge is 2.41. The van der Waals surface area contributed by atoms with Crippen LogP contribution in [0, 0.1) is 12.7 Å². The molecule has 8 rings (SSSR count). The average molecular weight is 747 g/mol. The topological polar surface area (TPSA) is 100 Å². The zero-order valence-electron chi connectivity index (χ0n) is 31.3. The molecule has 5 aromatic rings. The minimum atomic E-state index is -2.91. The maximum absolute atomic E-state index is 15.0. The number of piperidine rings is 2. The number of hydrogen-bond acceptors (Lipinski definition) is 7. The highest BCUT2D eigenvalue weighted by Crippen LogP contribution is 2.47. The first-order chi connectivity index (χ1) is 26.5. The first-order valence-electron chi connectivity index (χ1n) is 19.2. The van der Waals surface area contributed by atoms with Crippen molar-refractivity contribution in [3.8, 4) is 11.3 Å². The fourth-order valence-electron chi connectivity index (χ4n) is 8.40. The molecule has 1 saturated carbocycles. The van der Waals surface area contributed by atoms with Crippen LogP contribution >= 0.6 is 0 Å². The third kappa shape index (κ3) is 7.34. The molecule has 3 fully saturated rings. The van der Waals surface area contributed by atoms with Crippen LogP contribution in [-0.4, -0.2) is 45.0 Å². The number of aromatic nitrogens is 3. The SMILES string of the molecule is Cc1nnc(N[C@H](C)c2cccc(C(F)F)c2F)c2cc(-c3cccc(CN4CCC(c5ccc([C@@]6(C)CCC(=O)NC6=O)cc5C5CC5)CC4)c3)ncc12. The summed E-state index contributed by atoms with van der Waals surface area (Å²) < 4.78 is 41.8. The molecule has 8 nitrogen and oxygen atoms in total. The molecule has 2 aliphatic heterocycles. The zero-order chi connectivity index (χ0) is 38.4. The van der Waals surface area contributed by atoms with Crippen LogP contribution in [0.5, 0.6) is 0 Å². The number of halogens is 3. The van der Waals surface area contributed by atoms with E-state index in [4.69, 9.17) is 4.98 Å². The predicted octanol–water partition coefficient (Wildman–Crippen LogP) is 9.20. The molecule has 1 aliphatic carbocycles. The maximum Gasteiger partial charge on any atom is 0.266 e. The van der Waals surface area contributed by atoms with Gasteiger partial charge in [0, 0.05) is 41.1 Å². The molecule has 2 aromatic heterocycles. The standard InChI is InChI=1S/C44H45F3N6O2/c1-25(32-8-5-9-34(40(32)45)41(46)47)49-42-36-22-38(48-23-37(36)26(2)51-52-42)30-7-4-6-27(20-30)24-53-18-15-29(16-19-53)33-13-12-31(21-35(33)28-10-11-28)44(3)17-14-39(54)50-43(44)55/h4-9,12-13,20-23,25,28-29,41H,10-11,14-19,24H2,1-3H3,(H,49,52)(H,50,54,55)/t25-,44-/m1/s1. The molecule has 2 saturated heterocycles. The number of imide groups is 1. The third-order valence-corrected chi connectivity index (χ3v) is 12.0. The van der Waals surface area contributed by atoms with E-state index in [1.54, 1.807) is 13.1 Å². The van der Waals surface area contributed by atoms with E-state index in [0.717, 1.165) is 66.1 Å². The van der Waals surface area contributed by atoms with Crippen LogP contribution in [-0.2, 0) is 21.5 Å². The normalized spacial score (nSPS) is 20.2. The molecule has 4 heterocycles. The van der Waals surface area contributed by atoms with Crippen LogP contribution in [0.1, 0.15) is 116 Å². The molecule has 284 valence electrons. The lowest BCUT2D eigenvalue weighted by Crippen LogP contribution is -2.49. The van der Waals surface area contributed by atoms with Gasteiger partial charge in [-0.1, -0.05) is 54.6 Å². The van der Waals surface area contributed by atoms with Crippen LogP contribution in [0.2, 0.25) is 0 Å². The Kier molecular flexibility index (Phi) is 9.92.